The second-order valence-corrected chi connectivity index (χ2v) is 6.53. The van der Waals surface area contributed by atoms with E-state index in [9.17, 15) is 4.79 Å². The summed E-state index contributed by atoms with van der Waals surface area (Å²) in [4.78, 5) is 17.0. The molecule has 3 rings (SSSR count). The number of aromatic nitrogens is 1. The molecular formula is C16H21N3O2S. The molecule has 6 heteroatoms. The van der Waals surface area contributed by atoms with E-state index in [0.29, 0.717) is 17.0 Å². The molecule has 2 aromatic heterocycles. The predicted molar refractivity (Wildman–Crippen MR) is 86.1 cm³/mol. The van der Waals surface area contributed by atoms with Gasteiger partial charge >= 0.3 is 0 Å². The normalized spacial score (nSPS) is 16.7. The molecule has 1 saturated heterocycles. The van der Waals surface area contributed by atoms with Crippen molar-refractivity contribution in [3.63, 3.8) is 0 Å². The van der Waals surface area contributed by atoms with Crippen molar-refractivity contribution >= 4 is 17.2 Å². The molecule has 0 bridgehead atoms. The maximum absolute atomic E-state index is 12.7. The third kappa shape index (κ3) is 3.23. The Balaban J connectivity index is 1.64. The van der Waals surface area contributed by atoms with Crippen LogP contribution < -0.4 is 0 Å². The van der Waals surface area contributed by atoms with Gasteiger partial charge in [-0.15, -0.1) is 0 Å². The maximum atomic E-state index is 12.7. The van der Waals surface area contributed by atoms with E-state index in [4.69, 9.17) is 4.52 Å². The summed E-state index contributed by atoms with van der Waals surface area (Å²) in [5, 5.41) is 8.19. The molecule has 1 aliphatic rings. The Morgan fingerprint density at radius 2 is 2.18 bits per heavy atom. The van der Waals surface area contributed by atoms with Crippen molar-refractivity contribution < 1.29 is 9.32 Å². The van der Waals surface area contributed by atoms with Gasteiger partial charge in [0.15, 0.2) is 0 Å². The lowest BCUT2D eigenvalue weighted by molar-refractivity contribution is 0.0758. The number of rotatable bonds is 3. The number of thiophene rings is 1. The second-order valence-electron chi connectivity index (χ2n) is 5.75. The van der Waals surface area contributed by atoms with Crippen LogP contribution in [0.15, 0.2) is 21.3 Å². The molecule has 22 heavy (non-hydrogen) atoms. The molecule has 0 spiro atoms. The summed E-state index contributed by atoms with van der Waals surface area (Å²) in [6, 6.07) is 2.17. The van der Waals surface area contributed by atoms with Gasteiger partial charge in [-0.1, -0.05) is 5.16 Å². The van der Waals surface area contributed by atoms with Crippen molar-refractivity contribution in [3.05, 3.63) is 39.4 Å². The predicted octanol–water partition coefficient (Wildman–Crippen LogP) is 2.70. The van der Waals surface area contributed by atoms with Gasteiger partial charge in [-0.3, -0.25) is 9.69 Å². The van der Waals surface area contributed by atoms with E-state index in [1.54, 1.807) is 18.3 Å². The van der Waals surface area contributed by atoms with E-state index < -0.39 is 0 Å². The third-order valence-corrected chi connectivity index (χ3v) is 4.84. The Morgan fingerprint density at radius 3 is 2.86 bits per heavy atom. The van der Waals surface area contributed by atoms with Gasteiger partial charge in [-0.05, 0) is 42.7 Å². The molecule has 0 saturated carbocycles. The number of hydrogen-bond donors (Lipinski definition) is 0. The minimum Gasteiger partial charge on any atom is -0.361 e. The summed E-state index contributed by atoms with van der Waals surface area (Å²) in [5.74, 6) is 0.663. The van der Waals surface area contributed by atoms with E-state index in [1.165, 1.54) is 5.56 Å². The van der Waals surface area contributed by atoms with Gasteiger partial charge in [0.05, 0.1) is 5.69 Å². The van der Waals surface area contributed by atoms with Gasteiger partial charge in [0, 0.05) is 32.7 Å². The first-order valence-corrected chi connectivity index (χ1v) is 8.55. The standard InChI is InChI=1S/C16H21N3O2S/c1-12-15(13(2)21-17-12)16(20)19-6-3-5-18(7-8-19)10-14-4-9-22-11-14/h4,9,11H,3,5-8,10H2,1-2H3. The number of nitrogens with zero attached hydrogens (tertiary/aromatic N) is 3. The highest BCUT2D eigenvalue weighted by Gasteiger charge is 2.25. The zero-order valence-corrected chi connectivity index (χ0v) is 13.9. The molecule has 2 aromatic rings. The topological polar surface area (TPSA) is 49.6 Å². The van der Waals surface area contributed by atoms with Gasteiger partial charge in [0.1, 0.15) is 11.3 Å². The Labute approximate surface area is 134 Å². The van der Waals surface area contributed by atoms with Crippen LogP contribution >= 0.6 is 11.3 Å². The molecule has 3 heterocycles. The summed E-state index contributed by atoms with van der Waals surface area (Å²) >= 11 is 1.73. The highest BCUT2D eigenvalue weighted by molar-refractivity contribution is 7.07. The fourth-order valence-corrected chi connectivity index (χ4v) is 3.58. The maximum Gasteiger partial charge on any atom is 0.259 e. The van der Waals surface area contributed by atoms with Crippen LogP contribution in [0.2, 0.25) is 0 Å². The highest BCUT2D eigenvalue weighted by Crippen LogP contribution is 2.17. The average molecular weight is 319 g/mol. The Bertz CT molecular complexity index is 616. The smallest absolute Gasteiger partial charge is 0.259 e. The molecule has 118 valence electrons. The van der Waals surface area contributed by atoms with Crippen LogP contribution in [-0.2, 0) is 6.54 Å². The monoisotopic (exact) mass is 319 g/mol. The number of carbonyl (C=O) groups excluding carboxylic acids is 1. The van der Waals surface area contributed by atoms with Crippen molar-refractivity contribution in [2.24, 2.45) is 0 Å². The second kappa shape index (κ2) is 6.62. The van der Waals surface area contributed by atoms with E-state index in [2.05, 4.69) is 26.9 Å². The van der Waals surface area contributed by atoms with Crippen LogP contribution in [0.4, 0.5) is 0 Å². The van der Waals surface area contributed by atoms with Crippen LogP contribution in [0.3, 0.4) is 0 Å². The van der Waals surface area contributed by atoms with Crippen molar-refractivity contribution in [2.45, 2.75) is 26.8 Å². The first kappa shape index (κ1) is 15.2. The third-order valence-electron chi connectivity index (χ3n) is 4.11. The van der Waals surface area contributed by atoms with E-state index in [0.717, 1.165) is 39.1 Å². The molecule has 0 aromatic carbocycles. The SMILES string of the molecule is Cc1noc(C)c1C(=O)N1CCCN(Cc2ccsc2)CC1. The molecule has 0 atom stereocenters. The van der Waals surface area contributed by atoms with Crippen LogP contribution in [0.5, 0.6) is 0 Å². The number of amides is 1. The summed E-state index contributed by atoms with van der Waals surface area (Å²) in [6.07, 6.45) is 0.999. The number of carbonyl (C=O) groups is 1. The lowest BCUT2D eigenvalue weighted by atomic mass is 10.1. The average Bonchev–Trinajstić information content (AvgIpc) is 3.04. The van der Waals surface area contributed by atoms with E-state index >= 15 is 0 Å². The number of aryl methyl sites for hydroxylation is 2. The van der Waals surface area contributed by atoms with Crippen LogP contribution in [0.25, 0.3) is 0 Å². The first-order valence-electron chi connectivity index (χ1n) is 7.60. The molecule has 1 aliphatic heterocycles. The Kier molecular flexibility index (Phi) is 4.59. The van der Waals surface area contributed by atoms with Crippen LogP contribution in [-0.4, -0.2) is 47.0 Å². The van der Waals surface area contributed by atoms with Crippen molar-refractivity contribution in [1.29, 1.82) is 0 Å². The van der Waals surface area contributed by atoms with Gasteiger partial charge in [0.2, 0.25) is 0 Å². The molecule has 1 amide bonds. The zero-order chi connectivity index (χ0) is 15.5. The van der Waals surface area contributed by atoms with Crippen LogP contribution in [0, 0.1) is 13.8 Å². The van der Waals surface area contributed by atoms with Crippen molar-refractivity contribution in [2.75, 3.05) is 26.2 Å². The van der Waals surface area contributed by atoms with E-state index in [-0.39, 0.29) is 5.91 Å². The molecule has 0 radical (unpaired) electrons. The fourth-order valence-electron chi connectivity index (χ4n) is 2.92. The van der Waals surface area contributed by atoms with Crippen molar-refractivity contribution in [1.82, 2.24) is 15.0 Å². The molecule has 0 aliphatic carbocycles. The Morgan fingerprint density at radius 1 is 1.32 bits per heavy atom. The van der Waals surface area contributed by atoms with Gasteiger partial charge in [-0.2, -0.15) is 11.3 Å². The van der Waals surface area contributed by atoms with Gasteiger partial charge in [-0.25, -0.2) is 0 Å². The zero-order valence-electron chi connectivity index (χ0n) is 13.0. The molecule has 1 fully saturated rings. The van der Waals surface area contributed by atoms with Crippen molar-refractivity contribution in [3.8, 4) is 0 Å². The summed E-state index contributed by atoms with van der Waals surface area (Å²) in [5.41, 5.74) is 2.67. The van der Waals surface area contributed by atoms with Gasteiger partial charge < -0.3 is 9.42 Å². The largest absolute Gasteiger partial charge is 0.361 e. The minimum absolute atomic E-state index is 0.0497. The number of hydrogen-bond acceptors (Lipinski definition) is 5. The summed E-state index contributed by atoms with van der Waals surface area (Å²) in [7, 11) is 0. The van der Waals surface area contributed by atoms with Gasteiger partial charge in [0.25, 0.3) is 5.91 Å². The lowest BCUT2D eigenvalue weighted by Gasteiger charge is -2.21. The van der Waals surface area contributed by atoms with E-state index in [1.807, 2.05) is 11.8 Å². The molecule has 0 unspecified atom stereocenters. The first-order chi connectivity index (χ1) is 10.6. The van der Waals surface area contributed by atoms with Crippen LogP contribution in [0.1, 0.15) is 33.8 Å². The minimum atomic E-state index is 0.0497. The highest BCUT2D eigenvalue weighted by atomic mass is 32.1. The summed E-state index contributed by atoms with van der Waals surface area (Å²) in [6.45, 7) is 8.08. The molecule has 0 N–H and O–H groups in total. The molecule has 5 nitrogen and oxygen atoms in total. The Hall–Kier alpha value is -1.66. The quantitative estimate of drug-likeness (QED) is 0.873. The molecular weight excluding hydrogens is 298 g/mol. The fraction of sp³-hybridized carbons (Fsp3) is 0.500. The summed E-state index contributed by atoms with van der Waals surface area (Å²) < 4.78 is 5.12. The lowest BCUT2D eigenvalue weighted by Crippen LogP contribution is -2.35.